The average molecular weight is 265 g/mol. The lowest BCUT2D eigenvalue weighted by atomic mass is 9.97. The van der Waals surface area contributed by atoms with Gasteiger partial charge in [0, 0.05) is 13.1 Å². The number of anilines is 1. The Hall–Kier alpha value is -2.16. The molecular formula is C13H13F2N3O. The van der Waals surface area contributed by atoms with Gasteiger partial charge in [-0.05, 0) is 25.0 Å². The van der Waals surface area contributed by atoms with E-state index in [0.717, 1.165) is 0 Å². The fourth-order valence-corrected chi connectivity index (χ4v) is 2.30. The first-order chi connectivity index (χ1) is 9.04. The number of primary amides is 1. The Morgan fingerprint density at radius 1 is 1.42 bits per heavy atom. The monoisotopic (exact) mass is 265 g/mol. The first-order valence-corrected chi connectivity index (χ1v) is 5.97. The predicted octanol–water partition coefficient (Wildman–Crippen LogP) is 1.54. The second kappa shape index (κ2) is 5.22. The van der Waals surface area contributed by atoms with Gasteiger partial charge in [0.1, 0.15) is 6.07 Å². The van der Waals surface area contributed by atoms with Gasteiger partial charge in [-0.15, -0.1) is 0 Å². The molecule has 0 bridgehead atoms. The Balaban J connectivity index is 2.30. The summed E-state index contributed by atoms with van der Waals surface area (Å²) in [6, 6.07) is 4.18. The number of hydrogen-bond acceptors (Lipinski definition) is 3. The van der Waals surface area contributed by atoms with E-state index in [1.807, 2.05) is 0 Å². The number of nitrogens with zero attached hydrogens (tertiary/aromatic N) is 2. The van der Waals surface area contributed by atoms with Crippen molar-refractivity contribution in [2.24, 2.45) is 11.7 Å². The third-order valence-corrected chi connectivity index (χ3v) is 3.35. The van der Waals surface area contributed by atoms with Gasteiger partial charge in [0.25, 0.3) is 0 Å². The van der Waals surface area contributed by atoms with Gasteiger partial charge >= 0.3 is 0 Å². The second-order valence-electron chi connectivity index (χ2n) is 4.56. The number of hydrogen-bond donors (Lipinski definition) is 1. The van der Waals surface area contributed by atoms with Gasteiger partial charge in [0.05, 0.1) is 17.2 Å². The lowest BCUT2D eigenvalue weighted by Crippen LogP contribution is -2.41. The van der Waals surface area contributed by atoms with E-state index < -0.39 is 17.5 Å². The molecule has 1 saturated heterocycles. The largest absolute Gasteiger partial charge is 0.369 e. The molecule has 2 N–H and O–H groups in total. The van der Waals surface area contributed by atoms with Crippen LogP contribution in [0.3, 0.4) is 0 Å². The highest BCUT2D eigenvalue weighted by atomic mass is 19.2. The molecule has 0 aromatic heterocycles. The molecule has 1 aromatic carbocycles. The topological polar surface area (TPSA) is 70.1 Å². The molecule has 1 aromatic rings. The summed E-state index contributed by atoms with van der Waals surface area (Å²) in [7, 11) is 0. The van der Waals surface area contributed by atoms with Crippen molar-refractivity contribution in [2.75, 3.05) is 18.0 Å². The number of nitriles is 1. The number of piperidine rings is 1. The fourth-order valence-electron chi connectivity index (χ4n) is 2.30. The minimum atomic E-state index is -1.15. The average Bonchev–Trinajstić information content (AvgIpc) is 2.42. The first kappa shape index (κ1) is 13.3. The molecule has 0 aliphatic carbocycles. The quantitative estimate of drug-likeness (QED) is 0.881. The van der Waals surface area contributed by atoms with Crippen LogP contribution in [0.4, 0.5) is 14.5 Å². The third kappa shape index (κ3) is 2.50. The number of benzene rings is 1. The lowest BCUT2D eigenvalue weighted by Gasteiger charge is -2.33. The number of amides is 1. The smallest absolute Gasteiger partial charge is 0.222 e. The Labute approximate surface area is 109 Å². The predicted molar refractivity (Wildman–Crippen MR) is 65.2 cm³/mol. The van der Waals surface area contributed by atoms with Crippen molar-refractivity contribution < 1.29 is 13.6 Å². The van der Waals surface area contributed by atoms with Crippen LogP contribution >= 0.6 is 0 Å². The van der Waals surface area contributed by atoms with Crippen LogP contribution in [0.1, 0.15) is 18.4 Å². The second-order valence-corrected chi connectivity index (χ2v) is 4.56. The molecule has 2 rings (SSSR count). The maximum Gasteiger partial charge on any atom is 0.222 e. The summed E-state index contributed by atoms with van der Waals surface area (Å²) in [6.45, 7) is 0.809. The van der Waals surface area contributed by atoms with Crippen LogP contribution < -0.4 is 10.6 Å². The number of rotatable bonds is 2. The molecule has 0 radical (unpaired) electrons. The summed E-state index contributed by atoms with van der Waals surface area (Å²) in [4.78, 5) is 12.8. The van der Waals surface area contributed by atoms with E-state index in [2.05, 4.69) is 0 Å². The summed E-state index contributed by atoms with van der Waals surface area (Å²) in [5.74, 6) is -2.99. The molecule has 1 fully saturated rings. The highest BCUT2D eigenvalue weighted by molar-refractivity contribution is 5.77. The van der Waals surface area contributed by atoms with Gasteiger partial charge in [-0.1, -0.05) is 0 Å². The molecule has 1 heterocycles. The summed E-state index contributed by atoms with van der Waals surface area (Å²) in [5.41, 5.74) is 4.99. The third-order valence-electron chi connectivity index (χ3n) is 3.35. The zero-order valence-corrected chi connectivity index (χ0v) is 10.2. The van der Waals surface area contributed by atoms with Crippen molar-refractivity contribution in [1.29, 1.82) is 5.26 Å². The van der Waals surface area contributed by atoms with Crippen LogP contribution in [0.25, 0.3) is 0 Å². The first-order valence-electron chi connectivity index (χ1n) is 5.97. The molecule has 19 heavy (non-hydrogen) atoms. The maximum atomic E-state index is 13.9. The Bertz CT molecular complexity index is 554. The molecule has 1 atom stereocenters. The Morgan fingerprint density at radius 3 is 2.79 bits per heavy atom. The lowest BCUT2D eigenvalue weighted by molar-refractivity contribution is -0.122. The summed E-state index contributed by atoms with van der Waals surface area (Å²) < 4.78 is 27.4. The highest BCUT2D eigenvalue weighted by Gasteiger charge is 2.27. The van der Waals surface area contributed by atoms with Crippen molar-refractivity contribution in [1.82, 2.24) is 0 Å². The van der Waals surface area contributed by atoms with Gasteiger partial charge in [0.15, 0.2) is 11.6 Å². The molecule has 1 aliphatic heterocycles. The normalized spacial score (nSPS) is 19.0. The molecular weight excluding hydrogens is 252 g/mol. The summed E-state index contributed by atoms with van der Waals surface area (Å²) >= 11 is 0. The maximum absolute atomic E-state index is 13.9. The van der Waals surface area contributed by atoms with Gasteiger partial charge < -0.3 is 10.6 Å². The van der Waals surface area contributed by atoms with Crippen molar-refractivity contribution in [3.63, 3.8) is 0 Å². The van der Waals surface area contributed by atoms with E-state index in [-0.39, 0.29) is 23.7 Å². The number of carbonyl (C=O) groups is 1. The van der Waals surface area contributed by atoms with Crippen LogP contribution in [0.2, 0.25) is 0 Å². The molecule has 0 spiro atoms. The van der Waals surface area contributed by atoms with E-state index in [1.54, 1.807) is 11.0 Å². The van der Waals surface area contributed by atoms with Crippen molar-refractivity contribution in [2.45, 2.75) is 12.8 Å². The van der Waals surface area contributed by atoms with Crippen molar-refractivity contribution in [3.8, 4) is 6.07 Å². The van der Waals surface area contributed by atoms with E-state index in [0.29, 0.717) is 19.4 Å². The Kier molecular flexibility index (Phi) is 3.65. The van der Waals surface area contributed by atoms with E-state index in [1.165, 1.54) is 12.1 Å². The van der Waals surface area contributed by atoms with E-state index in [9.17, 15) is 13.6 Å². The zero-order chi connectivity index (χ0) is 14.0. The van der Waals surface area contributed by atoms with Crippen LogP contribution in [-0.4, -0.2) is 19.0 Å². The minimum absolute atomic E-state index is 0.0717. The molecule has 4 nitrogen and oxygen atoms in total. The van der Waals surface area contributed by atoms with Gasteiger partial charge in [-0.25, -0.2) is 8.78 Å². The van der Waals surface area contributed by atoms with Crippen LogP contribution in [0, 0.1) is 28.9 Å². The standard InChI is InChI=1S/C13H13F2N3O/c14-11-8(6-16)3-4-10(12(11)15)18-5-1-2-9(7-18)13(17)19/h3-4,9H,1-2,5,7H2,(H2,17,19). The number of carbonyl (C=O) groups excluding carboxylic acids is 1. The van der Waals surface area contributed by atoms with Crippen molar-refractivity contribution >= 4 is 11.6 Å². The van der Waals surface area contributed by atoms with Gasteiger partial charge in [0.2, 0.25) is 5.91 Å². The molecule has 6 heteroatoms. The summed E-state index contributed by atoms with van der Waals surface area (Å²) in [6.07, 6.45) is 1.35. The van der Waals surface area contributed by atoms with Crippen LogP contribution in [0.5, 0.6) is 0 Å². The van der Waals surface area contributed by atoms with Gasteiger partial charge in [-0.3, -0.25) is 4.79 Å². The highest BCUT2D eigenvalue weighted by Crippen LogP contribution is 2.28. The zero-order valence-electron chi connectivity index (χ0n) is 10.2. The molecule has 1 aliphatic rings. The molecule has 0 saturated carbocycles. The molecule has 100 valence electrons. The van der Waals surface area contributed by atoms with Crippen LogP contribution in [0.15, 0.2) is 12.1 Å². The van der Waals surface area contributed by atoms with E-state index >= 15 is 0 Å². The summed E-state index contributed by atoms with van der Waals surface area (Å²) in [5, 5.41) is 8.63. The number of halogens is 2. The SMILES string of the molecule is N#Cc1ccc(N2CCCC(C(N)=O)C2)c(F)c1F. The molecule has 1 unspecified atom stereocenters. The Morgan fingerprint density at radius 2 is 2.16 bits per heavy atom. The van der Waals surface area contributed by atoms with Crippen molar-refractivity contribution in [3.05, 3.63) is 29.3 Å². The fraction of sp³-hybridized carbons (Fsp3) is 0.385. The molecule has 1 amide bonds. The number of nitrogens with two attached hydrogens (primary N) is 1. The minimum Gasteiger partial charge on any atom is -0.369 e. The van der Waals surface area contributed by atoms with Crippen LogP contribution in [-0.2, 0) is 4.79 Å². The van der Waals surface area contributed by atoms with E-state index in [4.69, 9.17) is 11.0 Å². The van der Waals surface area contributed by atoms with Gasteiger partial charge in [-0.2, -0.15) is 5.26 Å².